The van der Waals surface area contributed by atoms with Gasteiger partial charge in [-0.05, 0) is 36.3 Å². The number of fused-ring (bicyclic) bond motifs is 1. The van der Waals surface area contributed by atoms with Gasteiger partial charge in [0.25, 0.3) is 0 Å². The summed E-state index contributed by atoms with van der Waals surface area (Å²) in [6.45, 7) is 7.57. The van der Waals surface area contributed by atoms with E-state index in [4.69, 9.17) is 4.74 Å². The topological polar surface area (TPSA) is 60.3 Å². The SMILES string of the molecule is CN=C(NCC1(O)CCc2ccccc21)N1CCN(CC2CCOC2)CC1. The lowest BCUT2D eigenvalue weighted by Crippen LogP contribution is -2.54. The maximum absolute atomic E-state index is 11.1. The number of hydrogen-bond acceptors (Lipinski definition) is 4. The standard InChI is InChI=1S/C21H32N4O2/c1-22-20(23-16-21(26)8-6-18-4-2-3-5-19(18)21)25-11-9-24(10-12-25)14-17-7-13-27-15-17/h2-5,17,26H,6-16H2,1H3,(H,22,23). The molecule has 0 spiro atoms. The highest BCUT2D eigenvalue weighted by Crippen LogP contribution is 2.36. The van der Waals surface area contributed by atoms with Gasteiger partial charge in [0.15, 0.2) is 5.96 Å². The normalized spacial score (nSPS) is 29.2. The van der Waals surface area contributed by atoms with E-state index in [-0.39, 0.29) is 0 Å². The van der Waals surface area contributed by atoms with Gasteiger partial charge in [0.1, 0.15) is 5.60 Å². The average Bonchev–Trinajstić information content (AvgIpc) is 3.32. The van der Waals surface area contributed by atoms with Crippen molar-refractivity contribution in [3.8, 4) is 0 Å². The second-order valence-corrected chi connectivity index (χ2v) is 8.11. The number of nitrogens with zero attached hydrogens (tertiary/aromatic N) is 3. The molecule has 2 saturated heterocycles. The van der Waals surface area contributed by atoms with Gasteiger partial charge >= 0.3 is 0 Å². The van der Waals surface area contributed by atoms with Crippen molar-refractivity contribution in [3.63, 3.8) is 0 Å². The maximum Gasteiger partial charge on any atom is 0.193 e. The zero-order chi connectivity index (χ0) is 18.7. The molecule has 0 radical (unpaired) electrons. The van der Waals surface area contributed by atoms with E-state index in [0.717, 1.165) is 70.3 Å². The summed E-state index contributed by atoms with van der Waals surface area (Å²) in [5, 5.41) is 14.6. The van der Waals surface area contributed by atoms with E-state index in [1.54, 1.807) is 0 Å². The van der Waals surface area contributed by atoms with E-state index in [1.165, 1.54) is 12.0 Å². The first-order valence-electron chi connectivity index (χ1n) is 10.2. The Bertz CT molecular complexity index is 666. The van der Waals surface area contributed by atoms with Crippen LogP contribution in [0.4, 0.5) is 0 Å². The molecule has 2 heterocycles. The summed E-state index contributed by atoms with van der Waals surface area (Å²) in [7, 11) is 1.83. The van der Waals surface area contributed by atoms with Crippen LogP contribution < -0.4 is 5.32 Å². The van der Waals surface area contributed by atoms with Gasteiger partial charge < -0.3 is 20.1 Å². The van der Waals surface area contributed by atoms with Crippen LogP contribution >= 0.6 is 0 Å². The summed E-state index contributed by atoms with van der Waals surface area (Å²) >= 11 is 0. The number of guanidine groups is 1. The van der Waals surface area contributed by atoms with Crippen molar-refractivity contribution >= 4 is 5.96 Å². The number of aliphatic hydroxyl groups is 1. The molecule has 2 aliphatic heterocycles. The molecule has 0 aromatic heterocycles. The number of hydrogen-bond donors (Lipinski definition) is 2. The molecule has 0 bridgehead atoms. The second-order valence-electron chi connectivity index (χ2n) is 8.11. The monoisotopic (exact) mass is 372 g/mol. The van der Waals surface area contributed by atoms with Gasteiger partial charge in [-0.2, -0.15) is 0 Å². The summed E-state index contributed by atoms with van der Waals surface area (Å²) in [6.07, 6.45) is 2.91. The van der Waals surface area contributed by atoms with Crippen LogP contribution in [0.1, 0.15) is 24.0 Å². The molecule has 4 rings (SSSR count). The van der Waals surface area contributed by atoms with E-state index < -0.39 is 5.60 Å². The minimum Gasteiger partial charge on any atom is -0.383 e. The largest absolute Gasteiger partial charge is 0.383 e. The van der Waals surface area contributed by atoms with Crippen molar-refractivity contribution in [3.05, 3.63) is 35.4 Å². The smallest absolute Gasteiger partial charge is 0.193 e. The lowest BCUT2D eigenvalue weighted by Gasteiger charge is -2.38. The first kappa shape index (κ1) is 18.7. The fourth-order valence-corrected chi connectivity index (χ4v) is 4.64. The summed E-state index contributed by atoms with van der Waals surface area (Å²) in [5.41, 5.74) is 1.54. The molecule has 6 heteroatoms. The van der Waals surface area contributed by atoms with Crippen LogP contribution in [0, 0.1) is 5.92 Å². The number of nitrogens with one attached hydrogen (secondary N) is 1. The zero-order valence-electron chi connectivity index (χ0n) is 16.4. The first-order chi connectivity index (χ1) is 13.2. The molecule has 3 aliphatic rings. The van der Waals surface area contributed by atoms with E-state index in [0.29, 0.717) is 12.5 Å². The molecule has 2 fully saturated rings. The highest BCUT2D eigenvalue weighted by molar-refractivity contribution is 5.80. The Morgan fingerprint density at radius 3 is 2.85 bits per heavy atom. The molecule has 27 heavy (non-hydrogen) atoms. The molecule has 2 unspecified atom stereocenters. The quantitative estimate of drug-likeness (QED) is 0.611. The summed E-state index contributed by atoms with van der Waals surface area (Å²) in [4.78, 5) is 9.33. The zero-order valence-corrected chi connectivity index (χ0v) is 16.4. The fourth-order valence-electron chi connectivity index (χ4n) is 4.64. The van der Waals surface area contributed by atoms with Crippen molar-refractivity contribution in [1.82, 2.24) is 15.1 Å². The Morgan fingerprint density at radius 1 is 1.30 bits per heavy atom. The summed E-state index contributed by atoms with van der Waals surface area (Å²) in [6, 6.07) is 8.24. The van der Waals surface area contributed by atoms with Crippen LogP contribution in [0.25, 0.3) is 0 Å². The molecule has 1 aliphatic carbocycles. The minimum absolute atomic E-state index is 0.510. The first-order valence-corrected chi connectivity index (χ1v) is 10.2. The molecule has 0 saturated carbocycles. The Hall–Kier alpha value is -1.63. The van der Waals surface area contributed by atoms with Crippen molar-refractivity contribution in [2.45, 2.75) is 24.9 Å². The Kier molecular flexibility index (Phi) is 5.66. The molecule has 148 valence electrons. The predicted octanol–water partition coefficient (Wildman–Crippen LogP) is 1.05. The van der Waals surface area contributed by atoms with Gasteiger partial charge in [-0.15, -0.1) is 0 Å². The van der Waals surface area contributed by atoms with Gasteiger partial charge in [0.2, 0.25) is 0 Å². The van der Waals surface area contributed by atoms with E-state index in [9.17, 15) is 5.11 Å². The van der Waals surface area contributed by atoms with Crippen LogP contribution in [-0.4, -0.2) is 80.4 Å². The molecular weight excluding hydrogens is 340 g/mol. The van der Waals surface area contributed by atoms with Gasteiger partial charge in [-0.3, -0.25) is 9.89 Å². The predicted molar refractivity (Wildman–Crippen MR) is 107 cm³/mol. The number of ether oxygens (including phenoxy) is 1. The molecule has 0 amide bonds. The van der Waals surface area contributed by atoms with E-state index >= 15 is 0 Å². The van der Waals surface area contributed by atoms with Crippen LogP contribution in [0.5, 0.6) is 0 Å². The van der Waals surface area contributed by atoms with Gasteiger partial charge in [0, 0.05) is 46.4 Å². The summed E-state index contributed by atoms with van der Waals surface area (Å²) < 4.78 is 5.50. The fraction of sp³-hybridized carbons (Fsp3) is 0.667. The highest BCUT2D eigenvalue weighted by atomic mass is 16.5. The van der Waals surface area contributed by atoms with Gasteiger partial charge in [-0.1, -0.05) is 24.3 Å². The highest BCUT2D eigenvalue weighted by Gasteiger charge is 2.36. The maximum atomic E-state index is 11.1. The third-order valence-corrected chi connectivity index (χ3v) is 6.29. The van der Waals surface area contributed by atoms with Gasteiger partial charge in [-0.25, -0.2) is 0 Å². The van der Waals surface area contributed by atoms with Crippen LogP contribution in [0.2, 0.25) is 0 Å². The lowest BCUT2D eigenvalue weighted by molar-refractivity contribution is 0.0421. The minimum atomic E-state index is -0.795. The van der Waals surface area contributed by atoms with E-state index in [2.05, 4.69) is 32.2 Å². The Labute approximate surface area is 162 Å². The van der Waals surface area contributed by atoms with Crippen LogP contribution in [0.3, 0.4) is 0 Å². The molecule has 2 N–H and O–H groups in total. The summed E-state index contributed by atoms with van der Waals surface area (Å²) in [5.74, 6) is 1.60. The van der Waals surface area contributed by atoms with Crippen molar-refractivity contribution in [2.75, 3.05) is 59.5 Å². The molecule has 6 nitrogen and oxygen atoms in total. The molecule has 1 aromatic carbocycles. The average molecular weight is 373 g/mol. The molecule has 2 atom stereocenters. The number of aliphatic imine (C=N–C) groups is 1. The van der Waals surface area contributed by atoms with Crippen molar-refractivity contribution in [1.29, 1.82) is 0 Å². The van der Waals surface area contributed by atoms with Crippen molar-refractivity contribution in [2.24, 2.45) is 10.9 Å². The lowest BCUT2D eigenvalue weighted by atomic mass is 9.96. The Morgan fingerprint density at radius 2 is 2.11 bits per heavy atom. The molecule has 1 aromatic rings. The third kappa shape index (κ3) is 4.13. The van der Waals surface area contributed by atoms with Gasteiger partial charge in [0.05, 0.1) is 13.2 Å². The molecular formula is C21H32N4O2. The van der Waals surface area contributed by atoms with Crippen LogP contribution in [-0.2, 0) is 16.8 Å². The van der Waals surface area contributed by atoms with Crippen molar-refractivity contribution < 1.29 is 9.84 Å². The third-order valence-electron chi connectivity index (χ3n) is 6.29. The number of aryl methyl sites for hydroxylation is 1. The number of rotatable bonds is 4. The number of piperazine rings is 1. The number of benzene rings is 1. The van der Waals surface area contributed by atoms with E-state index in [1.807, 2.05) is 19.2 Å². The van der Waals surface area contributed by atoms with Crippen LogP contribution in [0.15, 0.2) is 29.3 Å². The Balaban J connectivity index is 1.29. The second kappa shape index (κ2) is 8.17.